The van der Waals surface area contributed by atoms with E-state index in [-0.39, 0.29) is 5.41 Å². The van der Waals surface area contributed by atoms with E-state index in [9.17, 15) is 0 Å². The SMILES string of the molecule is CC1(C)C2=C(C=CC=CC2)C2=C[C@@H](c3ccc(N(c4cccc(-c5cccc6c5sc5ccccc56)c4)c4ccc5c6ccccc6c6ccccc6c5c4)cc3)C21. The van der Waals surface area contributed by atoms with Gasteiger partial charge < -0.3 is 4.90 Å². The van der Waals surface area contributed by atoms with Crippen LogP contribution in [0.2, 0.25) is 0 Å². The maximum atomic E-state index is 2.54. The summed E-state index contributed by atoms with van der Waals surface area (Å²) in [6, 6.07) is 59.0. The van der Waals surface area contributed by atoms with Gasteiger partial charge in [0, 0.05) is 49.1 Å². The highest BCUT2D eigenvalue weighted by atomic mass is 32.1. The van der Waals surface area contributed by atoms with Gasteiger partial charge in [0.05, 0.1) is 0 Å². The second-order valence-electron chi connectivity index (χ2n) is 16.8. The molecule has 0 amide bonds. The van der Waals surface area contributed by atoms with Gasteiger partial charge in [-0.05, 0) is 114 Å². The smallest absolute Gasteiger partial charge is 0.0468 e. The van der Waals surface area contributed by atoms with E-state index in [1.807, 2.05) is 11.3 Å². The number of anilines is 3. The molecule has 0 fully saturated rings. The zero-order valence-electron chi connectivity index (χ0n) is 32.6. The highest BCUT2D eigenvalue weighted by Crippen LogP contribution is 2.63. The maximum absolute atomic E-state index is 2.54. The predicted molar refractivity (Wildman–Crippen MR) is 250 cm³/mol. The molecule has 0 saturated carbocycles. The summed E-state index contributed by atoms with van der Waals surface area (Å²) in [7, 11) is 0. The molecule has 0 radical (unpaired) electrons. The van der Waals surface area contributed by atoms with Gasteiger partial charge >= 0.3 is 0 Å². The minimum atomic E-state index is 0.129. The largest absolute Gasteiger partial charge is 0.310 e. The topological polar surface area (TPSA) is 3.24 Å². The van der Waals surface area contributed by atoms with Crippen LogP contribution in [0, 0.1) is 11.3 Å². The Kier molecular flexibility index (Phi) is 7.40. The van der Waals surface area contributed by atoms with E-state index in [0.717, 1.165) is 23.5 Å². The molecule has 1 heterocycles. The molecule has 0 saturated heterocycles. The normalized spacial score (nSPS) is 18.1. The van der Waals surface area contributed by atoms with Crippen molar-refractivity contribution < 1.29 is 0 Å². The molecular formula is C56H41NS. The summed E-state index contributed by atoms with van der Waals surface area (Å²) >= 11 is 1.89. The molecule has 0 bridgehead atoms. The van der Waals surface area contributed by atoms with Crippen LogP contribution in [-0.4, -0.2) is 0 Å². The number of nitrogens with zero attached hydrogens (tertiary/aromatic N) is 1. The Hall–Kier alpha value is -6.48. The molecule has 1 aromatic heterocycles. The van der Waals surface area contributed by atoms with Gasteiger partial charge in [-0.25, -0.2) is 0 Å². The number of allylic oxidation sites excluding steroid dienone is 8. The average molecular weight is 760 g/mol. The lowest BCUT2D eigenvalue weighted by atomic mass is 9.61. The van der Waals surface area contributed by atoms with Crippen LogP contribution in [0.1, 0.15) is 31.7 Å². The molecular weight excluding hydrogens is 719 g/mol. The van der Waals surface area contributed by atoms with Crippen LogP contribution >= 0.6 is 11.3 Å². The lowest BCUT2D eigenvalue weighted by Gasteiger charge is -2.42. The molecule has 3 aliphatic rings. The van der Waals surface area contributed by atoms with Gasteiger partial charge in [0.15, 0.2) is 0 Å². The third-order valence-corrected chi connectivity index (χ3v) is 14.6. The van der Waals surface area contributed by atoms with Crippen molar-refractivity contribution in [1.29, 1.82) is 0 Å². The quantitative estimate of drug-likeness (QED) is 0.158. The second kappa shape index (κ2) is 12.8. The Labute approximate surface area is 343 Å². The Morgan fingerprint density at radius 1 is 0.552 bits per heavy atom. The van der Waals surface area contributed by atoms with E-state index in [2.05, 4.69) is 207 Å². The fourth-order valence-corrected chi connectivity index (χ4v) is 11.9. The Morgan fingerprint density at radius 2 is 1.19 bits per heavy atom. The molecule has 58 heavy (non-hydrogen) atoms. The lowest BCUT2D eigenvalue weighted by molar-refractivity contribution is 0.277. The Balaban J connectivity index is 1.01. The van der Waals surface area contributed by atoms with E-state index < -0.39 is 0 Å². The summed E-state index contributed by atoms with van der Waals surface area (Å²) < 4.78 is 2.66. The highest BCUT2D eigenvalue weighted by molar-refractivity contribution is 7.26. The lowest BCUT2D eigenvalue weighted by Crippen LogP contribution is -2.32. The van der Waals surface area contributed by atoms with Crippen LogP contribution in [0.4, 0.5) is 17.1 Å². The minimum Gasteiger partial charge on any atom is -0.310 e. The van der Waals surface area contributed by atoms with Gasteiger partial charge in [0.1, 0.15) is 0 Å². The first-order valence-corrected chi connectivity index (χ1v) is 21.4. The minimum absolute atomic E-state index is 0.129. The van der Waals surface area contributed by atoms with Crippen LogP contribution in [0.3, 0.4) is 0 Å². The number of hydrogen-bond donors (Lipinski definition) is 0. The molecule has 9 aromatic rings. The van der Waals surface area contributed by atoms with Gasteiger partial charge in [0.25, 0.3) is 0 Å². The predicted octanol–water partition coefficient (Wildman–Crippen LogP) is 16.1. The number of hydrogen-bond acceptors (Lipinski definition) is 2. The van der Waals surface area contributed by atoms with Gasteiger partial charge in [-0.3, -0.25) is 0 Å². The molecule has 276 valence electrons. The number of benzene rings is 8. The van der Waals surface area contributed by atoms with E-state index in [4.69, 9.17) is 0 Å². The second-order valence-corrected chi connectivity index (χ2v) is 17.9. The van der Waals surface area contributed by atoms with E-state index >= 15 is 0 Å². The van der Waals surface area contributed by atoms with Crippen molar-refractivity contribution in [3.05, 3.63) is 210 Å². The zero-order valence-corrected chi connectivity index (χ0v) is 33.4. The first-order valence-electron chi connectivity index (χ1n) is 20.6. The molecule has 0 spiro atoms. The first kappa shape index (κ1) is 33.6. The number of thiophene rings is 1. The van der Waals surface area contributed by atoms with Crippen molar-refractivity contribution in [2.75, 3.05) is 4.90 Å². The molecule has 3 aliphatic carbocycles. The summed E-state index contributed by atoms with van der Waals surface area (Å²) in [5.74, 6) is 0.912. The third kappa shape index (κ3) is 4.95. The molecule has 2 heteroatoms. The maximum Gasteiger partial charge on any atom is 0.0468 e. The molecule has 0 N–H and O–H groups in total. The Morgan fingerprint density at radius 3 is 1.97 bits per heavy atom. The molecule has 1 nitrogen and oxygen atoms in total. The van der Waals surface area contributed by atoms with Crippen molar-refractivity contribution in [3.63, 3.8) is 0 Å². The monoisotopic (exact) mass is 759 g/mol. The third-order valence-electron chi connectivity index (χ3n) is 13.4. The van der Waals surface area contributed by atoms with E-state index in [0.29, 0.717) is 11.8 Å². The van der Waals surface area contributed by atoms with Crippen molar-refractivity contribution in [2.45, 2.75) is 26.2 Å². The number of rotatable bonds is 5. The molecule has 12 rings (SSSR count). The fourth-order valence-electron chi connectivity index (χ4n) is 10.7. The van der Waals surface area contributed by atoms with Crippen LogP contribution in [0.5, 0.6) is 0 Å². The van der Waals surface area contributed by atoms with Crippen LogP contribution in [0.15, 0.2) is 205 Å². The van der Waals surface area contributed by atoms with Gasteiger partial charge in [0.2, 0.25) is 0 Å². The van der Waals surface area contributed by atoms with Crippen molar-refractivity contribution in [2.24, 2.45) is 11.3 Å². The van der Waals surface area contributed by atoms with E-state index in [1.165, 1.54) is 80.3 Å². The summed E-state index contributed by atoms with van der Waals surface area (Å²) in [6.07, 6.45) is 12.7. The Bertz CT molecular complexity index is 3260. The fraction of sp³-hybridized carbons (Fsp3) is 0.107. The van der Waals surface area contributed by atoms with Crippen molar-refractivity contribution >= 4 is 80.9 Å². The number of fused-ring (bicyclic) bond motifs is 11. The van der Waals surface area contributed by atoms with Crippen molar-refractivity contribution in [1.82, 2.24) is 0 Å². The summed E-state index contributed by atoms with van der Waals surface area (Å²) in [5, 5.41) is 10.4. The highest BCUT2D eigenvalue weighted by Gasteiger charge is 2.51. The van der Waals surface area contributed by atoms with Crippen LogP contribution < -0.4 is 4.90 Å². The standard InChI is InChI=1S/C56H41NS/c1-56(2)52-24-5-3-4-20-46(52)51-34-49(54(51)56)35-26-28-37(29-27-35)57(39-30-31-45-43-18-7-6-16-41(43)42-17-8-9-19-44(42)50(45)33-39)38-15-12-14-36(32-38)40-22-13-23-48-47-21-10-11-25-53(47)58-55(40)48/h3-23,25-34,49,54H,24H2,1-2H3/t49-,54?/m0/s1. The average Bonchev–Trinajstić information content (AvgIpc) is 3.55. The molecule has 1 unspecified atom stereocenters. The summed E-state index contributed by atoms with van der Waals surface area (Å²) in [4.78, 5) is 2.46. The molecule has 2 atom stereocenters. The van der Waals surface area contributed by atoms with E-state index in [1.54, 1.807) is 5.57 Å². The molecule has 0 aliphatic heterocycles. The van der Waals surface area contributed by atoms with Gasteiger partial charge in [-0.2, -0.15) is 0 Å². The molecule has 8 aromatic carbocycles. The first-order chi connectivity index (χ1) is 28.5. The van der Waals surface area contributed by atoms with Gasteiger partial charge in [-0.15, -0.1) is 11.3 Å². The summed E-state index contributed by atoms with van der Waals surface area (Å²) in [5.41, 5.74) is 12.1. The van der Waals surface area contributed by atoms with Crippen LogP contribution in [-0.2, 0) is 0 Å². The summed E-state index contributed by atoms with van der Waals surface area (Å²) in [6.45, 7) is 4.92. The van der Waals surface area contributed by atoms with Gasteiger partial charge in [-0.1, -0.05) is 165 Å². The van der Waals surface area contributed by atoms with Crippen LogP contribution in [0.25, 0.3) is 63.6 Å². The zero-order chi connectivity index (χ0) is 38.5. The van der Waals surface area contributed by atoms with Crippen molar-refractivity contribution in [3.8, 4) is 11.1 Å².